The van der Waals surface area contributed by atoms with Gasteiger partial charge in [0, 0.05) is 24.7 Å². The molecule has 2 aromatic heterocycles. The Kier molecular flexibility index (Phi) is 4.25. The zero-order valence-corrected chi connectivity index (χ0v) is 12.9. The van der Waals surface area contributed by atoms with Crippen molar-refractivity contribution in [3.63, 3.8) is 0 Å². The summed E-state index contributed by atoms with van der Waals surface area (Å²) in [6, 6.07) is 4.99. The second-order valence-corrected chi connectivity index (χ2v) is 7.45. The van der Waals surface area contributed by atoms with Crippen molar-refractivity contribution in [1.82, 2.24) is 9.29 Å². The summed E-state index contributed by atoms with van der Waals surface area (Å²) in [6.45, 7) is 2.29. The van der Waals surface area contributed by atoms with Crippen LogP contribution in [-0.4, -0.2) is 24.8 Å². The molecule has 102 valence electrons. The molecule has 2 rings (SSSR count). The van der Waals surface area contributed by atoms with E-state index in [-0.39, 0.29) is 10.0 Å². The average Bonchev–Trinajstić information content (AvgIpc) is 2.75. The second-order valence-electron chi connectivity index (χ2n) is 4.08. The Morgan fingerprint density at radius 2 is 2.16 bits per heavy atom. The minimum atomic E-state index is -3.62. The fourth-order valence-electron chi connectivity index (χ4n) is 1.58. The van der Waals surface area contributed by atoms with Crippen molar-refractivity contribution in [2.24, 2.45) is 0 Å². The van der Waals surface area contributed by atoms with E-state index in [0.717, 1.165) is 10.4 Å². The molecule has 7 heteroatoms. The van der Waals surface area contributed by atoms with Gasteiger partial charge in [-0.05, 0) is 36.1 Å². The highest BCUT2D eigenvalue weighted by Crippen LogP contribution is 2.24. The fourth-order valence-corrected chi connectivity index (χ4v) is 4.19. The third kappa shape index (κ3) is 2.97. The molecule has 0 unspecified atom stereocenters. The van der Waals surface area contributed by atoms with Gasteiger partial charge in [0.25, 0.3) is 0 Å². The first-order chi connectivity index (χ1) is 8.93. The molecule has 0 aromatic carbocycles. The van der Waals surface area contributed by atoms with Gasteiger partial charge in [-0.1, -0.05) is 11.6 Å². The van der Waals surface area contributed by atoms with Crippen LogP contribution in [0.1, 0.15) is 10.4 Å². The summed E-state index contributed by atoms with van der Waals surface area (Å²) in [5.41, 5.74) is 1.09. The number of hydrogen-bond donors (Lipinski definition) is 0. The molecule has 0 amide bonds. The highest BCUT2D eigenvalue weighted by atomic mass is 35.5. The van der Waals surface area contributed by atoms with Crippen LogP contribution in [0.5, 0.6) is 0 Å². The maximum absolute atomic E-state index is 12.4. The van der Waals surface area contributed by atoms with Gasteiger partial charge in [-0.25, -0.2) is 13.4 Å². The van der Waals surface area contributed by atoms with Gasteiger partial charge in [0.15, 0.2) is 0 Å². The van der Waals surface area contributed by atoms with E-state index in [1.54, 1.807) is 6.07 Å². The van der Waals surface area contributed by atoms with E-state index in [9.17, 15) is 8.42 Å². The number of thiophene rings is 1. The first-order valence-electron chi connectivity index (χ1n) is 5.52. The lowest BCUT2D eigenvalue weighted by Gasteiger charge is -2.17. The average molecular weight is 317 g/mol. The summed E-state index contributed by atoms with van der Waals surface area (Å²) in [6.07, 6.45) is 1.46. The van der Waals surface area contributed by atoms with E-state index in [1.165, 1.54) is 35.0 Å². The van der Waals surface area contributed by atoms with Crippen LogP contribution in [0.2, 0.25) is 5.15 Å². The molecule has 0 atom stereocenters. The largest absolute Gasteiger partial charge is 0.246 e. The van der Waals surface area contributed by atoms with Gasteiger partial charge < -0.3 is 0 Å². The predicted molar refractivity (Wildman–Crippen MR) is 77.0 cm³/mol. The Morgan fingerprint density at radius 1 is 1.42 bits per heavy atom. The Balaban J connectivity index is 2.30. The quantitative estimate of drug-likeness (QED) is 0.815. The number of rotatable bonds is 4. The maximum Gasteiger partial charge on any atom is 0.246 e. The number of hydrogen-bond acceptors (Lipinski definition) is 4. The lowest BCUT2D eigenvalue weighted by Crippen LogP contribution is -2.26. The van der Waals surface area contributed by atoms with Crippen molar-refractivity contribution in [2.45, 2.75) is 18.4 Å². The standard InChI is InChI=1S/C12H13ClN2O2S2/c1-9-5-7-18-10(9)8-15(2)19(16,17)11-4-3-6-14-12(11)13/h3-7H,8H2,1-2H3. The molecule has 0 aliphatic rings. The lowest BCUT2D eigenvalue weighted by atomic mass is 10.3. The fraction of sp³-hybridized carbons (Fsp3) is 0.250. The van der Waals surface area contributed by atoms with Crippen molar-refractivity contribution >= 4 is 33.0 Å². The van der Waals surface area contributed by atoms with Crippen LogP contribution in [-0.2, 0) is 16.6 Å². The molecule has 0 fully saturated rings. The van der Waals surface area contributed by atoms with Gasteiger partial charge in [0.1, 0.15) is 10.0 Å². The molecule has 2 aromatic rings. The highest BCUT2D eigenvalue weighted by molar-refractivity contribution is 7.89. The summed E-state index contributed by atoms with van der Waals surface area (Å²) >= 11 is 7.39. The Labute approximate surface area is 121 Å². The monoisotopic (exact) mass is 316 g/mol. The molecule has 0 aliphatic carbocycles. The molecule has 19 heavy (non-hydrogen) atoms. The lowest BCUT2D eigenvalue weighted by molar-refractivity contribution is 0.469. The molecule has 4 nitrogen and oxygen atoms in total. The van der Waals surface area contributed by atoms with Crippen LogP contribution >= 0.6 is 22.9 Å². The van der Waals surface area contributed by atoms with E-state index in [2.05, 4.69) is 4.98 Å². The van der Waals surface area contributed by atoms with Crippen LogP contribution in [0.25, 0.3) is 0 Å². The van der Waals surface area contributed by atoms with Gasteiger partial charge in [-0.15, -0.1) is 11.3 Å². The summed E-state index contributed by atoms with van der Waals surface area (Å²) in [5, 5.41) is 1.94. The normalized spacial score (nSPS) is 12.0. The molecule has 0 saturated carbocycles. The van der Waals surface area contributed by atoms with Crippen molar-refractivity contribution in [3.05, 3.63) is 45.4 Å². The van der Waals surface area contributed by atoms with Crippen LogP contribution in [0.4, 0.5) is 0 Å². The predicted octanol–water partition coefficient (Wildman–Crippen LogP) is 2.93. The van der Waals surface area contributed by atoms with Gasteiger partial charge in [-0.3, -0.25) is 0 Å². The van der Waals surface area contributed by atoms with E-state index in [0.29, 0.717) is 6.54 Å². The molecule has 2 heterocycles. The summed E-state index contributed by atoms with van der Waals surface area (Å²) in [4.78, 5) is 4.86. The molecule has 0 radical (unpaired) electrons. The van der Waals surface area contributed by atoms with E-state index in [1.807, 2.05) is 18.4 Å². The molecule has 0 bridgehead atoms. The number of halogens is 1. The highest BCUT2D eigenvalue weighted by Gasteiger charge is 2.24. The van der Waals surface area contributed by atoms with Crippen LogP contribution < -0.4 is 0 Å². The minimum absolute atomic E-state index is 0.00254. The first-order valence-corrected chi connectivity index (χ1v) is 8.22. The van der Waals surface area contributed by atoms with Crippen LogP contribution in [0.3, 0.4) is 0 Å². The number of nitrogens with zero attached hydrogens (tertiary/aromatic N) is 2. The first kappa shape index (κ1) is 14.5. The number of aromatic nitrogens is 1. The van der Waals surface area contributed by atoms with E-state index < -0.39 is 10.0 Å². The number of aryl methyl sites for hydroxylation is 1. The van der Waals surface area contributed by atoms with Crippen molar-refractivity contribution in [2.75, 3.05) is 7.05 Å². The van der Waals surface area contributed by atoms with E-state index in [4.69, 9.17) is 11.6 Å². The molecular formula is C12H13ClN2O2S2. The van der Waals surface area contributed by atoms with Gasteiger partial charge >= 0.3 is 0 Å². The van der Waals surface area contributed by atoms with Crippen molar-refractivity contribution in [3.8, 4) is 0 Å². The van der Waals surface area contributed by atoms with E-state index >= 15 is 0 Å². The summed E-state index contributed by atoms with van der Waals surface area (Å²) in [7, 11) is -2.08. The Hall–Kier alpha value is -0.950. The summed E-state index contributed by atoms with van der Waals surface area (Å²) in [5.74, 6) is 0. The second kappa shape index (κ2) is 5.58. The van der Waals surface area contributed by atoms with Gasteiger partial charge in [0.2, 0.25) is 10.0 Å². The van der Waals surface area contributed by atoms with Crippen LogP contribution in [0, 0.1) is 6.92 Å². The molecule has 0 spiro atoms. The molecule has 0 N–H and O–H groups in total. The van der Waals surface area contributed by atoms with Gasteiger partial charge in [-0.2, -0.15) is 4.31 Å². The zero-order chi connectivity index (χ0) is 14.0. The summed E-state index contributed by atoms with van der Waals surface area (Å²) < 4.78 is 26.1. The topological polar surface area (TPSA) is 50.3 Å². The third-order valence-electron chi connectivity index (χ3n) is 2.75. The third-order valence-corrected chi connectivity index (χ3v) is 6.00. The molecule has 0 saturated heterocycles. The minimum Gasteiger partial charge on any atom is -0.243 e. The Bertz CT molecular complexity index is 683. The SMILES string of the molecule is Cc1ccsc1CN(C)S(=O)(=O)c1cccnc1Cl. The maximum atomic E-state index is 12.4. The number of sulfonamides is 1. The number of pyridine rings is 1. The Morgan fingerprint density at radius 3 is 2.74 bits per heavy atom. The smallest absolute Gasteiger partial charge is 0.243 e. The zero-order valence-electron chi connectivity index (χ0n) is 10.5. The van der Waals surface area contributed by atoms with Crippen molar-refractivity contribution in [1.29, 1.82) is 0 Å². The van der Waals surface area contributed by atoms with Crippen LogP contribution in [0.15, 0.2) is 34.7 Å². The van der Waals surface area contributed by atoms with Gasteiger partial charge in [0.05, 0.1) is 0 Å². The van der Waals surface area contributed by atoms with Crippen molar-refractivity contribution < 1.29 is 8.42 Å². The molecular weight excluding hydrogens is 304 g/mol. The molecule has 0 aliphatic heterocycles.